The van der Waals surface area contributed by atoms with Crippen molar-refractivity contribution in [2.24, 2.45) is 5.92 Å². The van der Waals surface area contributed by atoms with Crippen molar-refractivity contribution < 1.29 is 19.8 Å². The third-order valence-corrected chi connectivity index (χ3v) is 14.3. The van der Waals surface area contributed by atoms with Crippen molar-refractivity contribution in [2.75, 3.05) is 0 Å². The molecule has 4 heteroatoms. The van der Waals surface area contributed by atoms with Crippen molar-refractivity contribution in [3.05, 3.63) is 12.7 Å². The van der Waals surface area contributed by atoms with Gasteiger partial charge in [0.1, 0.15) is 0 Å². The molecule has 0 aromatic heterocycles. The standard InChI is InChI=1S/C59H114O4/c1-2-57(59(62)63)55-53-51-49-47-45-43-41-39-37-35-33-31-29-27-25-23-21-19-17-15-13-11-9-7-5-3-4-6-8-10-12-14-16-18-20-22-24-26-28-30-32-34-36-38-40-42-44-46-48-50-52-54-56-58(60)61/h2,57H,1,3-56H2,(H,60,61)(H,62,63). The lowest BCUT2D eigenvalue weighted by atomic mass is 10.00. The van der Waals surface area contributed by atoms with Crippen LogP contribution in [0.5, 0.6) is 0 Å². The van der Waals surface area contributed by atoms with Gasteiger partial charge in [-0.25, -0.2) is 0 Å². The molecule has 1 unspecified atom stereocenters. The summed E-state index contributed by atoms with van der Waals surface area (Å²) >= 11 is 0. The van der Waals surface area contributed by atoms with Crippen LogP contribution in [0.2, 0.25) is 0 Å². The Labute approximate surface area is 395 Å². The molecule has 0 rings (SSSR count). The van der Waals surface area contributed by atoms with E-state index in [2.05, 4.69) is 6.58 Å². The summed E-state index contributed by atoms with van der Waals surface area (Å²) < 4.78 is 0. The van der Waals surface area contributed by atoms with Crippen molar-refractivity contribution >= 4 is 11.9 Å². The van der Waals surface area contributed by atoms with Crippen LogP contribution >= 0.6 is 0 Å². The van der Waals surface area contributed by atoms with E-state index in [9.17, 15) is 9.59 Å². The van der Waals surface area contributed by atoms with Gasteiger partial charge in [-0.15, -0.1) is 6.58 Å². The highest BCUT2D eigenvalue weighted by Crippen LogP contribution is 2.20. The van der Waals surface area contributed by atoms with Crippen molar-refractivity contribution in [3.63, 3.8) is 0 Å². The van der Waals surface area contributed by atoms with E-state index >= 15 is 0 Å². The molecule has 2 N–H and O–H groups in total. The van der Waals surface area contributed by atoms with Crippen LogP contribution in [0.1, 0.15) is 347 Å². The zero-order valence-electron chi connectivity index (χ0n) is 42.8. The third-order valence-electron chi connectivity index (χ3n) is 14.3. The van der Waals surface area contributed by atoms with Gasteiger partial charge in [-0.05, 0) is 12.8 Å². The molecule has 0 aliphatic carbocycles. The largest absolute Gasteiger partial charge is 0.481 e. The van der Waals surface area contributed by atoms with Crippen molar-refractivity contribution in [2.45, 2.75) is 347 Å². The predicted octanol–water partition coefficient (Wildman–Crippen LogP) is 21.0. The van der Waals surface area contributed by atoms with Crippen molar-refractivity contribution in [3.8, 4) is 0 Å². The molecule has 0 amide bonds. The summed E-state index contributed by atoms with van der Waals surface area (Å²) in [7, 11) is 0. The fourth-order valence-electron chi connectivity index (χ4n) is 9.82. The van der Waals surface area contributed by atoms with Crippen LogP contribution in [-0.4, -0.2) is 22.2 Å². The first kappa shape index (κ1) is 61.7. The maximum Gasteiger partial charge on any atom is 0.310 e. The number of unbranched alkanes of at least 4 members (excludes halogenated alkanes) is 51. The average Bonchev–Trinajstić information content (AvgIpc) is 3.27. The molecule has 0 radical (unpaired) electrons. The second-order valence-corrected chi connectivity index (χ2v) is 20.5. The molecule has 0 fully saturated rings. The van der Waals surface area contributed by atoms with Crippen LogP contribution < -0.4 is 0 Å². The maximum atomic E-state index is 11.0. The van der Waals surface area contributed by atoms with Gasteiger partial charge in [0.2, 0.25) is 0 Å². The van der Waals surface area contributed by atoms with E-state index in [-0.39, 0.29) is 5.92 Å². The molecule has 0 heterocycles. The zero-order chi connectivity index (χ0) is 45.6. The summed E-state index contributed by atoms with van der Waals surface area (Å²) in [6, 6.07) is 0. The lowest BCUT2D eigenvalue weighted by molar-refractivity contribution is -0.140. The third kappa shape index (κ3) is 54.9. The lowest BCUT2D eigenvalue weighted by Crippen LogP contribution is -2.10. The summed E-state index contributed by atoms with van der Waals surface area (Å²) in [4.78, 5) is 21.5. The molecule has 4 nitrogen and oxygen atoms in total. The zero-order valence-corrected chi connectivity index (χ0v) is 42.8. The number of rotatable bonds is 57. The van der Waals surface area contributed by atoms with Gasteiger partial charge >= 0.3 is 11.9 Å². The average molecular weight is 888 g/mol. The molecule has 0 aliphatic heterocycles. The highest BCUT2D eigenvalue weighted by molar-refractivity contribution is 5.71. The van der Waals surface area contributed by atoms with Crippen LogP contribution in [0.3, 0.4) is 0 Å². The minimum absolute atomic E-state index is 0.344. The van der Waals surface area contributed by atoms with Gasteiger partial charge in [0, 0.05) is 6.42 Å². The van der Waals surface area contributed by atoms with Gasteiger partial charge in [-0.3, -0.25) is 9.59 Å². The number of carboxylic acids is 2. The molecular weight excluding hydrogens is 773 g/mol. The number of aliphatic carboxylic acids is 2. The quantitative estimate of drug-likeness (QED) is 0.0471. The van der Waals surface area contributed by atoms with Crippen LogP contribution in [0.15, 0.2) is 12.7 Å². The smallest absolute Gasteiger partial charge is 0.310 e. The first-order valence-corrected chi connectivity index (χ1v) is 29.1. The summed E-state index contributed by atoms with van der Waals surface area (Å²) in [6.45, 7) is 3.64. The number of carbonyl (C=O) groups is 2. The van der Waals surface area contributed by atoms with E-state index in [1.807, 2.05) is 0 Å². The molecule has 0 bridgehead atoms. The first-order chi connectivity index (χ1) is 31.1. The Bertz CT molecular complexity index is 900. The topological polar surface area (TPSA) is 74.6 Å². The second kappa shape index (κ2) is 55.0. The van der Waals surface area contributed by atoms with Gasteiger partial charge in [0.15, 0.2) is 0 Å². The Hall–Kier alpha value is -1.32. The van der Waals surface area contributed by atoms with E-state index in [1.165, 1.54) is 308 Å². The number of carboxylic acid groups (broad SMARTS) is 2. The van der Waals surface area contributed by atoms with Crippen LogP contribution in [0.4, 0.5) is 0 Å². The Kier molecular flexibility index (Phi) is 53.9. The highest BCUT2D eigenvalue weighted by Gasteiger charge is 2.11. The minimum Gasteiger partial charge on any atom is -0.481 e. The van der Waals surface area contributed by atoms with Gasteiger partial charge in [-0.1, -0.05) is 334 Å². The SMILES string of the molecule is C=CC(CCCCCCCCCCCCCCCCCCCCCCCCCCCCCCCCCCCCCCCCCCCCCCCCCCCCCCC(=O)O)C(=O)O. The minimum atomic E-state index is -0.727. The molecule has 0 aromatic rings. The maximum absolute atomic E-state index is 11.0. The molecule has 0 aliphatic rings. The van der Waals surface area contributed by atoms with Gasteiger partial charge in [0.05, 0.1) is 5.92 Å². The Balaban J connectivity index is 3.09. The van der Waals surface area contributed by atoms with Crippen molar-refractivity contribution in [1.82, 2.24) is 0 Å². The number of hydrogen-bond donors (Lipinski definition) is 2. The predicted molar refractivity (Wildman–Crippen MR) is 278 cm³/mol. The molecule has 0 spiro atoms. The Morgan fingerprint density at radius 2 is 0.413 bits per heavy atom. The summed E-state index contributed by atoms with van der Waals surface area (Å²) in [5, 5.41) is 17.7. The molecule has 0 aromatic carbocycles. The van der Waals surface area contributed by atoms with E-state index in [1.54, 1.807) is 6.08 Å². The summed E-state index contributed by atoms with van der Waals surface area (Å²) in [5.74, 6) is -1.73. The van der Waals surface area contributed by atoms with Gasteiger partial charge in [0.25, 0.3) is 0 Å². The summed E-state index contributed by atoms with van der Waals surface area (Å²) in [6.07, 6.45) is 75.5. The molecule has 1 atom stereocenters. The van der Waals surface area contributed by atoms with Crippen LogP contribution in [0, 0.1) is 5.92 Å². The Morgan fingerprint density at radius 1 is 0.270 bits per heavy atom. The monoisotopic (exact) mass is 887 g/mol. The van der Waals surface area contributed by atoms with Crippen LogP contribution in [0.25, 0.3) is 0 Å². The lowest BCUT2D eigenvalue weighted by Gasteiger charge is -2.06. The second-order valence-electron chi connectivity index (χ2n) is 20.5. The Morgan fingerprint density at radius 3 is 0.540 bits per heavy atom. The fourth-order valence-corrected chi connectivity index (χ4v) is 9.82. The fraction of sp³-hybridized carbons (Fsp3) is 0.932. The normalized spacial score (nSPS) is 12.0. The molecule has 63 heavy (non-hydrogen) atoms. The van der Waals surface area contributed by atoms with E-state index in [0.717, 1.165) is 32.1 Å². The van der Waals surface area contributed by atoms with E-state index < -0.39 is 11.9 Å². The van der Waals surface area contributed by atoms with Crippen LogP contribution in [-0.2, 0) is 9.59 Å². The first-order valence-electron chi connectivity index (χ1n) is 29.1. The van der Waals surface area contributed by atoms with Crippen molar-refractivity contribution in [1.29, 1.82) is 0 Å². The van der Waals surface area contributed by atoms with E-state index in [4.69, 9.17) is 10.2 Å². The molecule has 0 saturated carbocycles. The highest BCUT2D eigenvalue weighted by atomic mass is 16.4. The molecule has 0 saturated heterocycles. The van der Waals surface area contributed by atoms with Gasteiger partial charge < -0.3 is 10.2 Å². The van der Waals surface area contributed by atoms with Gasteiger partial charge in [-0.2, -0.15) is 0 Å². The summed E-state index contributed by atoms with van der Waals surface area (Å²) in [5.41, 5.74) is 0. The number of hydrogen-bond acceptors (Lipinski definition) is 2. The molecular formula is C59H114O4. The van der Waals surface area contributed by atoms with E-state index in [0.29, 0.717) is 6.42 Å². The molecule has 374 valence electrons.